The van der Waals surface area contributed by atoms with Crippen LogP contribution < -0.4 is 0 Å². The lowest BCUT2D eigenvalue weighted by atomic mass is 9.92. The van der Waals surface area contributed by atoms with Gasteiger partial charge in [0, 0.05) is 0 Å². The Labute approximate surface area is 71.2 Å². The summed E-state index contributed by atoms with van der Waals surface area (Å²) in [6.07, 6.45) is -2.64. The summed E-state index contributed by atoms with van der Waals surface area (Å²) in [4.78, 5) is 2.09. The third kappa shape index (κ3) is 2.38. The van der Waals surface area contributed by atoms with Crippen LogP contribution in [0.15, 0.2) is 0 Å². The highest BCUT2D eigenvalue weighted by Gasteiger charge is 2.29. The molecule has 0 aliphatic carbocycles. The molecule has 1 saturated heterocycles. The van der Waals surface area contributed by atoms with Crippen molar-refractivity contribution in [3.8, 4) is 0 Å². The van der Waals surface area contributed by atoms with Gasteiger partial charge < -0.3 is 10.0 Å². The van der Waals surface area contributed by atoms with Crippen molar-refractivity contribution in [3.05, 3.63) is 0 Å². The molecule has 12 heavy (non-hydrogen) atoms. The lowest BCUT2D eigenvalue weighted by Gasteiger charge is -2.31. The number of nitrogens with zero attached hydrogens (tertiary/aromatic N) is 1. The smallest absolute Gasteiger partial charge is 0.264 e. The average Bonchev–Trinajstić information content (AvgIpc) is 2.04. The normalized spacial score (nSPS) is 24.8. The molecule has 0 radical (unpaired) electrons. The van der Waals surface area contributed by atoms with Gasteiger partial charge in [-0.2, -0.15) is 0 Å². The second-order valence-electron chi connectivity index (χ2n) is 3.47. The lowest BCUT2D eigenvalue weighted by Crippen LogP contribution is -2.38. The quantitative estimate of drug-likeness (QED) is 0.682. The predicted octanol–water partition coefficient (Wildman–Crippen LogP) is 0.954. The van der Waals surface area contributed by atoms with Gasteiger partial charge in [-0.15, -0.1) is 0 Å². The van der Waals surface area contributed by atoms with Gasteiger partial charge >= 0.3 is 0 Å². The van der Waals surface area contributed by atoms with Gasteiger partial charge in [0.05, 0.1) is 0 Å². The number of piperidine rings is 1. The maximum Gasteiger partial charge on any atom is 0.264 e. The largest absolute Gasteiger partial charge is 0.387 e. The molecule has 72 valence electrons. The zero-order valence-electron chi connectivity index (χ0n) is 7.21. The van der Waals surface area contributed by atoms with E-state index in [0.29, 0.717) is 12.8 Å². The van der Waals surface area contributed by atoms with E-state index in [1.165, 1.54) is 0 Å². The van der Waals surface area contributed by atoms with Crippen molar-refractivity contribution < 1.29 is 13.9 Å². The summed E-state index contributed by atoms with van der Waals surface area (Å²) in [5, 5.41) is 9.07. The van der Waals surface area contributed by atoms with Crippen LogP contribution in [0.4, 0.5) is 8.78 Å². The van der Waals surface area contributed by atoms with Crippen molar-refractivity contribution in [1.29, 1.82) is 0 Å². The zero-order valence-corrected chi connectivity index (χ0v) is 7.21. The molecule has 4 heteroatoms. The van der Waals surface area contributed by atoms with Crippen molar-refractivity contribution in [3.63, 3.8) is 0 Å². The second-order valence-corrected chi connectivity index (χ2v) is 3.47. The summed E-state index contributed by atoms with van der Waals surface area (Å²) < 4.78 is 24.1. The average molecular weight is 179 g/mol. The van der Waals surface area contributed by atoms with Crippen LogP contribution in [0.5, 0.6) is 0 Å². The molecule has 1 rings (SSSR count). The summed E-state index contributed by atoms with van der Waals surface area (Å²) >= 11 is 0. The number of likely N-dealkylation sites (tertiary alicyclic amines) is 1. The highest BCUT2D eigenvalue weighted by atomic mass is 19.3. The Morgan fingerprint density at radius 2 is 1.83 bits per heavy atom. The maximum absolute atomic E-state index is 12.0. The molecular weight excluding hydrogens is 164 g/mol. The van der Waals surface area contributed by atoms with E-state index < -0.39 is 12.5 Å². The van der Waals surface area contributed by atoms with Crippen molar-refractivity contribution in [1.82, 2.24) is 4.90 Å². The first-order valence-electron chi connectivity index (χ1n) is 4.26. The van der Waals surface area contributed by atoms with E-state index in [-0.39, 0.29) is 5.92 Å². The Balaban J connectivity index is 2.34. The van der Waals surface area contributed by atoms with Crippen molar-refractivity contribution in [2.45, 2.75) is 25.4 Å². The molecule has 1 aliphatic heterocycles. The Hall–Kier alpha value is -0.220. The number of rotatable bonds is 2. The van der Waals surface area contributed by atoms with E-state index in [1.54, 1.807) is 0 Å². The summed E-state index contributed by atoms with van der Waals surface area (Å²) in [5.41, 5.74) is 0. The Bertz CT molecular complexity index is 135. The first-order valence-corrected chi connectivity index (χ1v) is 4.26. The van der Waals surface area contributed by atoms with Gasteiger partial charge in [0.15, 0.2) is 0 Å². The summed E-state index contributed by atoms with van der Waals surface area (Å²) in [5.74, 6) is -0.207. The SMILES string of the molecule is CN1CCC(C(O)C(F)F)CC1. The number of aliphatic hydroxyl groups is 1. The van der Waals surface area contributed by atoms with Gasteiger partial charge in [-0.25, -0.2) is 8.78 Å². The molecule has 0 aromatic heterocycles. The second kappa shape index (κ2) is 4.14. The highest BCUT2D eigenvalue weighted by Crippen LogP contribution is 2.23. The van der Waals surface area contributed by atoms with E-state index >= 15 is 0 Å². The molecule has 0 saturated carbocycles. The van der Waals surface area contributed by atoms with Crippen LogP contribution in [0.25, 0.3) is 0 Å². The van der Waals surface area contributed by atoms with E-state index in [0.717, 1.165) is 13.1 Å². The molecule has 0 spiro atoms. The van der Waals surface area contributed by atoms with E-state index in [9.17, 15) is 8.78 Å². The van der Waals surface area contributed by atoms with Crippen LogP contribution in [0.2, 0.25) is 0 Å². The molecular formula is C8H15F2NO. The molecule has 0 bridgehead atoms. The Morgan fingerprint density at radius 3 is 2.25 bits per heavy atom. The maximum atomic E-state index is 12.0. The molecule has 2 nitrogen and oxygen atoms in total. The van der Waals surface area contributed by atoms with Crippen LogP contribution in [0.3, 0.4) is 0 Å². The van der Waals surface area contributed by atoms with Gasteiger partial charge in [-0.1, -0.05) is 0 Å². The Kier molecular flexibility index (Phi) is 3.40. The first-order chi connectivity index (χ1) is 5.61. The van der Waals surface area contributed by atoms with Gasteiger partial charge in [-0.05, 0) is 38.9 Å². The van der Waals surface area contributed by atoms with E-state index in [1.807, 2.05) is 7.05 Å². The van der Waals surface area contributed by atoms with Crippen molar-refractivity contribution >= 4 is 0 Å². The minimum atomic E-state index is -2.58. The number of hydrogen-bond donors (Lipinski definition) is 1. The lowest BCUT2D eigenvalue weighted by molar-refractivity contribution is -0.0519. The highest BCUT2D eigenvalue weighted by molar-refractivity contribution is 4.77. The van der Waals surface area contributed by atoms with Gasteiger partial charge in [0.2, 0.25) is 0 Å². The molecule has 1 fully saturated rings. The summed E-state index contributed by atoms with van der Waals surface area (Å²) in [7, 11) is 1.96. The summed E-state index contributed by atoms with van der Waals surface area (Å²) in [6.45, 7) is 1.63. The topological polar surface area (TPSA) is 23.5 Å². The fraction of sp³-hybridized carbons (Fsp3) is 1.00. The third-order valence-corrected chi connectivity index (χ3v) is 2.50. The van der Waals surface area contributed by atoms with Gasteiger partial charge in [0.25, 0.3) is 6.43 Å². The number of hydrogen-bond acceptors (Lipinski definition) is 2. The van der Waals surface area contributed by atoms with Gasteiger partial charge in [-0.3, -0.25) is 0 Å². The number of halogens is 2. The van der Waals surface area contributed by atoms with E-state index in [2.05, 4.69) is 4.90 Å². The van der Waals surface area contributed by atoms with E-state index in [4.69, 9.17) is 5.11 Å². The van der Waals surface area contributed by atoms with Crippen LogP contribution in [-0.2, 0) is 0 Å². The molecule has 0 amide bonds. The minimum Gasteiger partial charge on any atom is -0.387 e. The molecule has 1 unspecified atom stereocenters. The Morgan fingerprint density at radius 1 is 1.33 bits per heavy atom. The zero-order chi connectivity index (χ0) is 9.14. The fourth-order valence-electron chi connectivity index (χ4n) is 1.58. The molecule has 1 heterocycles. The molecule has 0 aromatic carbocycles. The van der Waals surface area contributed by atoms with Crippen molar-refractivity contribution in [2.75, 3.05) is 20.1 Å². The van der Waals surface area contributed by atoms with Crippen LogP contribution in [0.1, 0.15) is 12.8 Å². The van der Waals surface area contributed by atoms with Crippen LogP contribution in [0, 0.1) is 5.92 Å². The molecule has 1 aliphatic rings. The van der Waals surface area contributed by atoms with Crippen molar-refractivity contribution in [2.24, 2.45) is 5.92 Å². The monoisotopic (exact) mass is 179 g/mol. The van der Waals surface area contributed by atoms with Crippen LogP contribution >= 0.6 is 0 Å². The molecule has 0 aromatic rings. The number of aliphatic hydroxyl groups excluding tert-OH is 1. The van der Waals surface area contributed by atoms with Crippen LogP contribution in [-0.4, -0.2) is 42.7 Å². The first kappa shape index (κ1) is 9.86. The summed E-state index contributed by atoms with van der Waals surface area (Å²) in [6, 6.07) is 0. The standard InChI is InChI=1S/C8H15F2NO/c1-11-4-2-6(3-5-11)7(12)8(9)10/h6-8,12H,2-5H2,1H3. The molecule has 1 N–H and O–H groups in total. The number of alkyl halides is 2. The predicted molar refractivity (Wildman–Crippen MR) is 42.2 cm³/mol. The minimum absolute atomic E-state index is 0.207. The van der Waals surface area contributed by atoms with Gasteiger partial charge in [0.1, 0.15) is 6.10 Å². The fourth-order valence-corrected chi connectivity index (χ4v) is 1.58. The molecule has 1 atom stereocenters. The third-order valence-electron chi connectivity index (χ3n) is 2.50.